The maximum atomic E-state index is 10.9. The molecule has 0 fully saturated rings. The zero-order valence-electron chi connectivity index (χ0n) is 8.38. The third-order valence-corrected chi connectivity index (χ3v) is 1.84. The molecule has 0 radical (unpaired) electrons. The van der Waals surface area contributed by atoms with E-state index in [1.165, 1.54) is 12.1 Å². The molecule has 0 aliphatic rings. The first-order valence-electron chi connectivity index (χ1n) is 4.31. The molecular weight excluding hydrogens is 216 g/mol. The molecule has 86 valence electrons. The van der Waals surface area contributed by atoms with Crippen LogP contribution in [0.4, 0.5) is 0 Å². The molecule has 0 aromatic heterocycles. The van der Waals surface area contributed by atoms with E-state index >= 15 is 0 Å². The maximum Gasteiger partial charge on any atom is 0.382 e. The van der Waals surface area contributed by atoms with Gasteiger partial charge in [0.15, 0.2) is 0 Å². The molecule has 6 nitrogen and oxygen atoms in total. The van der Waals surface area contributed by atoms with Crippen LogP contribution in [0.25, 0.3) is 0 Å². The second-order valence-electron chi connectivity index (χ2n) is 3.09. The highest BCUT2D eigenvalue weighted by Gasteiger charge is 2.42. The van der Waals surface area contributed by atoms with E-state index in [0.29, 0.717) is 0 Å². The Morgan fingerprint density at radius 2 is 1.75 bits per heavy atom. The molecule has 0 aliphatic heterocycles. The van der Waals surface area contributed by atoms with Gasteiger partial charge in [-0.25, -0.2) is 4.79 Å². The number of hydrogen-bond acceptors (Lipinski definition) is 5. The molecule has 3 N–H and O–H groups in total. The predicted octanol–water partition coefficient (Wildman–Crippen LogP) is 0.185. The van der Waals surface area contributed by atoms with E-state index in [1.54, 1.807) is 0 Å². The minimum Gasteiger partial charge on any atom is -0.508 e. The third-order valence-electron chi connectivity index (χ3n) is 1.84. The van der Waals surface area contributed by atoms with Gasteiger partial charge in [0, 0.05) is 12.5 Å². The molecule has 1 aromatic carbocycles. The van der Waals surface area contributed by atoms with Crippen LogP contribution in [0.1, 0.15) is 12.5 Å². The Balaban J connectivity index is 3.16. The summed E-state index contributed by atoms with van der Waals surface area (Å²) in [5, 5.41) is 27.5. The van der Waals surface area contributed by atoms with Crippen molar-refractivity contribution in [3.8, 4) is 5.75 Å². The lowest BCUT2D eigenvalue weighted by molar-refractivity contribution is -0.226. The van der Waals surface area contributed by atoms with Crippen molar-refractivity contribution < 1.29 is 29.6 Å². The van der Waals surface area contributed by atoms with Crippen molar-refractivity contribution in [1.29, 1.82) is 0 Å². The Morgan fingerprint density at radius 3 is 2.12 bits per heavy atom. The van der Waals surface area contributed by atoms with Crippen molar-refractivity contribution in [2.45, 2.75) is 12.7 Å². The summed E-state index contributed by atoms with van der Waals surface area (Å²) < 4.78 is 4.36. The van der Waals surface area contributed by atoms with Crippen molar-refractivity contribution in [3.05, 3.63) is 29.8 Å². The summed E-state index contributed by atoms with van der Waals surface area (Å²) in [6.45, 7) is 0.980. The monoisotopic (exact) mass is 226 g/mol. The quantitative estimate of drug-likeness (QED) is 0.502. The molecule has 0 amide bonds. The number of aromatic hydroxyl groups is 1. The smallest absolute Gasteiger partial charge is 0.382 e. The number of carboxylic acids is 1. The molecule has 6 heteroatoms. The second-order valence-corrected chi connectivity index (χ2v) is 3.09. The van der Waals surface area contributed by atoms with Crippen molar-refractivity contribution in [3.63, 3.8) is 0 Å². The van der Waals surface area contributed by atoms with Crippen LogP contribution in [0.3, 0.4) is 0 Å². The van der Waals surface area contributed by atoms with Crippen LogP contribution >= 0.6 is 0 Å². The summed E-state index contributed by atoms with van der Waals surface area (Å²) in [4.78, 5) is 21.6. The number of phenolic OH excluding ortho intramolecular Hbond substituents is 1. The molecule has 1 atom stereocenters. The van der Waals surface area contributed by atoms with E-state index in [9.17, 15) is 14.7 Å². The van der Waals surface area contributed by atoms with Crippen LogP contribution in [-0.2, 0) is 20.1 Å². The Labute approximate surface area is 90.7 Å². The number of aliphatic carboxylic acids is 1. The van der Waals surface area contributed by atoms with Crippen LogP contribution in [0.15, 0.2) is 24.3 Å². The van der Waals surface area contributed by atoms with Crippen LogP contribution in [-0.4, -0.2) is 27.3 Å². The summed E-state index contributed by atoms with van der Waals surface area (Å²) in [5.41, 5.74) is -0.159. The lowest BCUT2D eigenvalue weighted by Gasteiger charge is -2.22. The van der Waals surface area contributed by atoms with Gasteiger partial charge < -0.3 is 20.1 Å². The van der Waals surface area contributed by atoms with E-state index in [4.69, 9.17) is 10.2 Å². The topological polar surface area (TPSA) is 104 Å². The van der Waals surface area contributed by atoms with Gasteiger partial charge in [0.05, 0.1) is 0 Å². The lowest BCUT2D eigenvalue weighted by atomic mass is 10.1. The highest BCUT2D eigenvalue weighted by Crippen LogP contribution is 2.25. The number of hydrogen-bond donors (Lipinski definition) is 3. The highest BCUT2D eigenvalue weighted by atomic mass is 16.7. The minimum absolute atomic E-state index is 0.0979. The SMILES string of the molecule is CC(=O)OC(O)(C(=O)O)c1ccc(O)cc1. The Kier molecular flexibility index (Phi) is 3.14. The normalized spacial score (nSPS) is 13.9. The van der Waals surface area contributed by atoms with Gasteiger partial charge in [-0.1, -0.05) is 0 Å². The van der Waals surface area contributed by atoms with E-state index in [2.05, 4.69) is 4.74 Å². The first kappa shape index (κ1) is 12.0. The molecule has 0 saturated carbocycles. The molecular formula is C10H10O6. The van der Waals surface area contributed by atoms with E-state index in [0.717, 1.165) is 19.1 Å². The Morgan fingerprint density at radius 1 is 1.25 bits per heavy atom. The van der Waals surface area contributed by atoms with Gasteiger partial charge in [0.2, 0.25) is 0 Å². The van der Waals surface area contributed by atoms with Crippen molar-refractivity contribution in [2.75, 3.05) is 0 Å². The van der Waals surface area contributed by atoms with Crippen LogP contribution in [0, 0.1) is 0 Å². The van der Waals surface area contributed by atoms with Gasteiger partial charge in [0.1, 0.15) is 5.75 Å². The van der Waals surface area contributed by atoms with Gasteiger partial charge >= 0.3 is 17.7 Å². The van der Waals surface area contributed by atoms with Crippen LogP contribution < -0.4 is 0 Å². The zero-order chi connectivity index (χ0) is 12.3. The molecule has 0 heterocycles. The van der Waals surface area contributed by atoms with E-state index < -0.39 is 17.7 Å². The first-order chi connectivity index (χ1) is 7.36. The number of phenols is 1. The fourth-order valence-corrected chi connectivity index (χ4v) is 1.12. The van der Waals surface area contributed by atoms with Gasteiger partial charge in [-0.05, 0) is 24.3 Å². The summed E-state index contributed by atoms with van der Waals surface area (Å²) in [6.07, 6.45) is 0. The Hall–Kier alpha value is -2.08. The van der Waals surface area contributed by atoms with E-state index in [1.807, 2.05) is 0 Å². The molecule has 1 unspecified atom stereocenters. The second kappa shape index (κ2) is 4.19. The largest absolute Gasteiger partial charge is 0.508 e. The minimum atomic E-state index is -2.74. The fraction of sp³-hybridized carbons (Fsp3) is 0.200. The number of aliphatic hydroxyl groups is 1. The van der Waals surface area contributed by atoms with Crippen molar-refractivity contribution in [1.82, 2.24) is 0 Å². The molecule has 0 bridgehead atoms. The molecule has 1 aromatic rings. The molecule has 1 rings (SSSR count). The number of esters is 1. The molecule has 0 saturated heterocycles. The fourth-order valence-electron chi connectivity index (χ4n) is 1.12. The van der Waals surface area contributed by atoms with Gasteiger partial charge in [0.25, 0.3) is 0 Å². The zero-order valence-corrected chi connectivity index (χ0v) is 8.38. The summed E-state index contributed by atoms with van der Waals surface area (Å²) in [5.74, 6) is -5.48. The van der Waals surface area contributed by atoms with Crippen molar-refractivity contribution in [2.24, 2.45) is 0 Å². The summed E-state index contributed by atoms with van der Waals surface area (Å²) in [7, 11) is 0. The average molecular weight is 226 g/mol. The maximum absolute atomic E-state index is 10.9. The van der Waals surface area contributed by atoms with Gasteiger partial charge in [-0.2, -0.15) is 0 Å². The number of carbonyl (C=O) groups is 2. The number of carboxylic acid groups (broad SMARTS) is 1. The van der Waals surface area contributed by atoms with Gasteiger partial charge in [-0.3, -0.25) is 4.79 Å². The third kappa shape index (κ3) is 2.29. The van der Waals surface area contributed by atoms with Crippen LogP contribution in [0.5, 0.6) is 5.75 Å². The number of ether oxygens (including phenoxy) is 1. The predicted molar refractivity (Wildman–Crippen MR) is 51.4 cm³/mol. The molecule has 16 heavy (non-hydrogen) atoms. The number of benzene rings is 1. The lowest BCUT2D eigenvalue weighted by Crippen LogP contribution is -2.39. The van der Waals surface area contributed by atoms with Crippen molar-refractivity contribution >= 4 is 11.9 Å². The summed E-state index contributed by atoms with van der Waals surface area (Å²) >= 11 is 0. The first-order valence-corrected chi connectivity index (χ1v) is 4.31. The standard InChI is InChI=1S/C10H10O6/c1-6(11)16-10(15,9(13)14)7-2-4-8(12)5-3-7/h2-5,12,15H,1H3,(H,13,14). The Bertz CT molecular complexity index is 410. The highest BCUT2D eigenvalue weighted by molar-refractivity contribution is 5.81. The number of carbonyl (C=O) groups excluding carboxylic acids is 1. The van der Waals surface area contributed by atoms with Gasteiger partial charge in [-0.15, -0.1) is 0 Å². The average Bonchev–Trinajstić information content (AvgIpc) is 2.17. The van der Waals surface area contributed by atoms with Crippen LogP contribution in [0.2, 0.25) is 0 Å². The molecule has 0 aliphatic carbocycles. The summed E-state index contributed by atoms with van der Waals surface area (Å²) in [6, 6.07) is 4.64. The molecule has 0 spiro atoms. The number of rotatable bonds is 3. The van der Waals surface area contributed by atoms with E-state index in [-0.39, 0.29) is 11.3 Å².